The largest absolute Gasteiger partial charge is 0.341 e. The van der Waals surface area contributed by atoms with Gasteiger partial charge in [0.2, 0.25) is 5.91 Å². The second-order valence-corrected chi connectivity index (χ2v) is 8.34. The monoisotopic (exact) mass is 343 g/mol. The van der Waals surface area contributed by atoms with Gasteiger partial charge in [-0.05, 0) is 58.2 Å². The predicted octanol–water partition coefficient (Wildman–Crippen LogP) is 3.50. The van der Waals surface area contributed by atoms with Crippen LogP contribution in [0.3, 0.4) is 0 Å². The van der Waals surface area contributed by atoms with Crippen LogP contribution in [-0.2, 0) is 14.4 Å². The average Bonchev–Trinajstić information content (AvgIpc) is 2.72. The van der Waals surface area contributed by atoms with Crippen LogP contribution >= 0.6 is 0 Å². The van der Waals surface area contributed by atoms with Crippen LogP contribution in [0, 0.1) is 26.7 Å². The Morgan fingerprint density at radius 2 is 1.64 bits per heavy atom. The molecule has 4 nitrogen and oxygen atoms in total. The Kier molecular flexibility index (Phi) is 5.22. The number of amides is 1. The number of ketones is 2. The van der Waals surface area contributed by atoms with Crippen LogP contribution in [-0.4, -0.2) is 35.0 Å². The first-order valence-corrected chi connectivity index (χ1v) is 8.84. The highest BCUT2D eigenvalue weighted by atomic mass is 16.2. The van der Waals surface area contributed by atoms with E-state index in [-0.39, 0.29) is 35.9 Å². The molecule has 0 saturated heterocycles. The average molecular weight is 343 g/mol. The summed E-state index contributed by atoms with van der Waals surface area (Å²) in [4.78, 5) is 39.6. The Hall–Kier alpha value is -1.97. The Labute approximate surface area is 150 Å². The third kappa shape index (κ3) is 3.83. The number of hydrogen-bond donors (Lipinski definition) is 0. The molecule has 136 valence electrons. The van der Waals surface area contributed by atoms with Crippen molar-refractivity contribution in [3.8, 4) is 0 Å². The van der Waals surface area contributed by atoms with Crippen molar-refractivity contribution in [3.63, 3.8) is 0 Å². The van der Waals surface area contributed by atoms with Gasteiger partial charge in [-0.2, -0.15) is 0 Å². The van der Waals surface area contributed by atoms with Crippen molar-refractivity contribution in [2.24, 2.45) is 5.92 Å². The summed E-state index contributed by atoms with van der Waals surface area (Å²) < 4.78 is 0. The van der Waals surface area contributed by atoms with E-state index in [0.717, 1.165) is 22.3 Å². The lowest BCUT2D eigenvalue weighted by molar-refractivity contribution is -0.137. The second kappa shape index (κ2) is 6.74. The standard InChI is InChI=1S/C21H29NO3/c1-12-8-13(2)18(14(3)9-12)19-16(23)10-15(20(19)25)11-17(24)22(7)21(4,5)6/h8-9,15,19H,10-11H2,1-7H3. The number of rotatable bonds is 3. The maximum absolute atomic E-state index is 12.9. The minimum Gasteiger partial charge on any atom is -0.341 e. The first-order valence-electron chi connectivity index (χ1n) is 8.84. The molecule has 1 aromatic carbocycles. The van der Waals surface area contributed by atoms with Gasteiger partial charge in [-0.15, -0.1) is 0 Å². The molecule has 2 atom stereocenters. The van der Waals surface area contributed by atoms with Gasteiger partial charge in [0.1, 0.15) is 11.7 Å². The predicted molar refractivity (Wildman–Crippen MR) is 98.7 cm³/mol. The molecule has 0 heterocycles. The van der Waals surface area contributed by atoms with Crippen LogP contribution in [0.15, 0.2) is 12.1 Å². The van der Waals surface area contributed by atoms with E-state index in [1.807, 2.05) is 53.7 Å². The van der Waals surface area contributed by atoms with Crippen molar-refractivity contribution in [1.29, 1.82) is 0 Å². The van der Waals surface area contributed by atoms with Crippen molar-refractivity contribution < 1.29 is 14.4 Å². The molecule has 1 saturated carbocycles. The van der Waals surface area contributed by atoms with Crippen LogP contribution in [0.4, 0.5) is 0 Å². The number of hydrogen-bond acceptors (Lipinski definition) is 3. The molecular weight excluding hydrogens is 314 g/mol. The minimum absolute atomic E-state index is 0.0590. The summed E-state index contributed by atoms with van der Waals surface area (Å²) in [5.74, 6) is -1.46. The summed E-state index contributed by atoms with van der Waals surface area (Å²) in [7, 11) is 1.75. The van der Waals surface area contributed by atoms with Gasteiger partial charge in [-0.3, -0.25) is 14.4 Å². The summed E-state index contributed by atoms with van der Waals surface area (Å²) in [5, 5.41) is 0. The van der Waals surface area contributed by atoms with Crippen molar-refractivity contribution in [2.75, 3.05) is 7.05 Å². The van der Waals surface area contributed by atoms with Gasteiger partial charge in [-0.25, -0.2) is 0 Å². The van der Waals surface area contributed by atoms with Gasteiger partial charge in [0.05, 0.1) is 0 Å². The van der Waals surface area contributed by atoms with Gasteiger partial charge >= 0.3 is 0 Å². The Balaban J connectivity index is 2.25. The van der Waals surface area contributed by atoms with Gasteiger partial charge in [-0.1, -0.05) is 17.7 Å². The number of nitrogens with zero attached hydrogens (tertiary/aromatic N) is 1. The number of carbonyl (C=O) groups is 3. The van der Waals surface area contributed by atoms with Crippen molar-refractivity contribution >= 4 is 17.5 Å². The highest BCUT2D eigenvalue weighted by Gasteiger charge is 2.44. The van der Waals surface area contributed by atoms with Gasteiger partial charge < -0.3 is 4.90 Å². The number of aryl methyl sites for hydroxylation is 3. The summed E-state index contributed by atoms with van der Waals surface area (Å²) in [6.07, 6.45) is 0.277. The van der Waals surface area contributed by atoms with E-state index < -0.39 is 11.8 Å². The van der Waals surface area contributed by atoms with E-state index in [0.29, 0.717) is 0 Å². The Morgan fingerprint density at radius 1 is 1.12 bits per heavy atom. The van der Waals surface area contributed by atoms with Crippen LogP contribution in [0.25, 0.3) is 0 Å². The highest BCUT2D eigenvalue weighted by molar-refractivity contribution is 6.15. The number of carbonyl (C=O) groups excluding carboxylic acids is 3. The van der Waals surface area contributed by atoms with Crippen molar-refractivity contribution in [2.45, 2.75) is 65.8 Å². The highest BCUT2D eigenvalue weighted by Crippen LogP contribution is 2.37. The topological polar surface area (TPSA) is 54.5 Å². The van der Waals surface area contributed by atoms with Crippen LogP contribution < -0.4 is 0 Å². The number of benzene rings is 1. The zero-order valence-corrected chi connectivity index (χ0v) is 16.4. The van der Waals surface area contributed by atoms with Crippen molar-refractivity contribution in [1.82, 2.24) is 4.90 Å². The molecule has 0 spiro atoms. The first kappa shape index (κ1) is 19.4. The smallest absolute Gasteiger partial charge is 0.223 e. The normalized spacial score (nSPS) is 20.9. The minimum atomic E-state index is -0.710. The zero-order chi connectivity index (χ0) is 19.1. The van der Waals surface area contributed by atoms with Gasteiger partial charge in [0, 0.05) is 31.3 Å². The molecule has 25 heavy (non-hydrogen) atoms. The molecular formula is C21H29NO3. The number of Topliss-reactive ketones (excluding diaryl/α,β-unsaturated/α-hetero) is 2. The Bertz CT molecular complexity index is 704. The van der Waals surface area contributed by atoms with E-state index in [9.17, 15) is 14.4 Å². The van der Waals surface area contributed by atoms with Gasteiger partial charge in [0.25, 0.3) is 0 Å². The molecule has 2 unspecified atom stereocenters. The molecule has 0 bridgehead atoms. The fourth-order valence-electron chi connectivity index (χ4n) is 3.70. The molecule has 0 aliphatic heterocycles. The molecule has 1 fully saturated rings. The van der Waals surface area contributed by atoms with E-state index in [2.05, 4.69) is 0 Å². The quantitative estimate of drug-likeness (QED) is 0.789. The summed E-state index contributed by atoms with van der Waals surface area (Å²) in [5.41, 5.74) is 3.60. The lowest BCUT2D eigenvalue weighted by Gasteiger charge is -2.32. The van der Waals surface area contributed by atoms with Crippen LogP contribution in [0.1, 0.15) is 61.8 Å². The molecule has 0 aromatic heterocycles. The third-order valence-electron chi connectivity index (χ3n) is 5.28. The maximum atomic E-state index is 12.9. The second-order valence-electron chi connectivity index (χ2n) is 8.34. The third-order valence-corrected chi connectivity index (χ3v) is 5.28. The van der Waals surface area contributed by atoms with E-state index >= 15 is 0 Å². The summed E-state index contributed by atoms with van der Waals surface area (Å²) >= 11 is 0. The summed E-state index contributed by atoms with van der Waals surface area (Å²) in [6.45, 7) is 11.8. The lowest BCUT2D eigenvalue weighted by Crippen LogP contribution is -2.43. The first-order chi connectivity index (χ1) is 11.4. The molecule has 0 N–H and O–H groups in total. The lowest BCUT2D eigenvalue weighted by atomic mass is 9.86. The van der Waals surface area contributed by atoms with Crippen LogP contribution in [0.2, 0.25) is 0 Å². The molecule has 0 radical (unpaired) electrons. The SMILES string of the molecule is Cc1cc(C)c(C2C(=O)CC(CC(=O)N(C)C(C)(C)C)C2=O)c(C)c1. The molecule has 1 aliphatic rings. The molecule has 1 aliphatic carbocycles. The van der Waals surface area contributed by atoms with Gasteiger partial charge in [0.15, 0.2) is 5.78 Å². The molecule has 4 heteroatoms. The zero-order valence-electron chi connectivity index (χ0n) is 16.4. The van der Waals surface area contributed by atoms with Crippen molar-refractivity contribution in [3.05, 3.63) is 34.4 Å². The summed E-state index contributed by atoms with van der Waals surface area (Å²) in [6, 6.07) is 4.02. The van der Waals surface area contributed by atoms with Crippen LogP contribution in [0.5, 0.6) is 0 Å². The Morgan fingerprint density at radius 3 is 2.12 bits per heavy atom. The molecule has 1 aromatic rings. The maximum Gasteiger partial charge on any atom is 0.223 e. The fraction of sp³-hybridized carbons (Fsp3) is 0.571. The molecule has 2 rings (SSSR count). The fourth-order valence-corrected chi connectivity index (χ4v) is 3.70. The van der Waals surface area contributed by atoms with E-state index in [1.165, 1.54) is 0 Å². The molecule has 1 amide bonds. The van der Waals surface area contributed by atoms with E-state index in [1.54, 1.807) is 11.9 Å². The van der Waals surface area contributed by atoms with E-state index in [4.69, 9.17) is 0 Å².